The van der Waals surface area contributed by atoms with Crippen LogP contribution in [0.5, 0.6) is 0 Å². The van der Waals surface area contributed by atoms with Gasteiger partial charge in [-0.2, -0.15) is 0 Å². The Labute approximate surface area is 108 Å². The van der Waals surface area contributed by atoms with E-state index in [0.29, 0.717) is 5.56 Å². The second kappa shape index (κ2) is 4.63. The second-order valence-corrected chi connectivity index (χ2v) is 5.76. The van der Waals surface area contributed by atoms with E-state index < -0.39 is 0 Å². The SMILES string of the molecule is NC(=O)c1ccc(NCC2CC3CCC2C3)cc1. The van der Waals surface area contributed by atoms with Crippen molar-refractivity contribution in [2.75, 3.05) is 11.9 Å². The summed E-state index contributed by atoms with van der Waals surface area (Å²) in [7, 11) is 0. The molecule has 3 rings (SSSR count). The summed E-state index contributed by atoms with van der Waals surface area (Å²) < 4.78 is 0. The third kappa shape index (κ3) is 2.22. The van der Waals surface area contributed by atoms with Crippen LogP contribution in [0.25, 0.3) is 0 Å². The fourth-order valence-electron chi connectivity index (χ4n) is 3.63. The maximum absolute atomic E-state index is 11.0. The number of nitrogens with two attached hydrogens (primary N) is 1. The summed E-state index contributed by atoms with van der Waals surface area (Å²) in [6.45, 7) is 1.07. The van der Waals surface area contributed by atoms with Gasteiger partial charge in [0.25, 0.3) is 0 Å². The van der Waals surface area contributed by atoms with E-state index in [1.807, 2.05) is 12.1 Å². The number of carbonyl (C=O) groups is 1. The summed E-state index contributed by atoms with van der Waals surface area (Å²) in [4.78, 5) is 11.0. The van der Waals surface area contributed by atoms with E-state index in [9.17, 15) is 4.79 Å². The van der Waals surface area contributed by atoms with Gasteiger partial charge in [-0.05, 0) is 61.3 Å². The number of benzene rings is 1. The van der Waals surface area contributed by atoms with Gasteiger partial charge in [-0.3, -0.25) is 4.79 Å². The van der Waals surface area contributed by atoms with Gasteiger partial charge in [0.2, 0.25) is 5.91 Å². The number of anilines is 1. The zero-order valence-electron chi connectivity index (χ0n) is 10.6. The molecule has 1 aromatic carbocycles. The maximum atomic E-state index is 11.0. The maximum Gasteiger partial charge on any atom is 0.248 e. The minimum atomic E-state index is -0.366. The largest absolute Gasteiger partial charge is 0.385 e. The highest BCUT2D eigenvalue weighted by Crippen LogP contribution is 2.48. The van der Waals surface area contributed by atoms with Crippen molar-refractivity contribution in [3.05, 3.63) is 29.8 Å². The third-order valence-corrected chi connectivity index (χ3v) is 4.62. The monoisotopic (exact) mass is 244 g/mol. The Morgan fingerprint density at radius 2 is 2.00 bits per heavy atom. The van der Waals surface area contributed by atoms with E-state index in [2.05, 4.69) is 5.32 Å². The molecule has 1 amide bonds. The standard InChI is InChI=1S/C15H20N2O/c16-15(18)11-3-5-14(6-4-11)17-9-13-8-10-1-2-12(13)7-10/h3-6,10,12-13,17H,1-2,7-9H2,(H2,16,18). The Kier molecular flexibility index (Phi) is 2.98. The molecule has 3 nitrogen and oxygen atoms in total. The zero-order chi connectivity index (χ0) is 12.5. The lowest BCUT2D eigenvalue weighted by Crippen LogP contribution is -2.20. The van der Waals surface area contributed by atoms with E-state index in [1.165, 1.54) is 25.7 Å². The first-order valence-electron chi connectivity index (χ1n) is 6.86. The minimum absolute atomic E-state index is 0.366. The molecule has 3 N–H and O–H groups in total. The summed E-state index contributed by atoms with van der Waals surface area (Å²) in [5, 5.41) is 3.49. The Balaban J connectivity index is 1.55. The molecular weight excluding hydrogens is 224 g/mol. The Morgan fingerprint density at radius 3 is 2.56 bits per heavy atom. The number of rotatable bonds is 4. The average molecular weight is 244 g/mol. The van der Waals surface area contributed by atoms with Crippen LogP contribution in [0.3, 0.4) is 0 Å². The molecule has 0 heterocycles. The van der Waals surface area contributed by atoms with Crippen molar-refractivity contribution in [3.8, 4) is 0 Å². The number of carbonyl (C=O) groups excluding carboxylic acids is 1. The van der Waals surface area contributed by atoms with Crippen LogP contribution in [0.15, 0.2) is 24.3 Å². The van der Waals surface area contributed by atoms with Crippen molar-refractivity contribution < 1.29 is 4.79 Å². The second-order valence-electron chi connectivity index (χ2n) is 5.76. The number of hydrogen-bond acceptors (Lipinski definition) is 2. The van der Waals surface area contributed by atoms with Crippen molar-refractivity contribution in [3.63, 3.8) is 0 Å². The van der Waals surface area contributed by atoms with Gasteiger partial charge in [-0.15, -0.1) is 0 Å². The normalized spacial score (nSPS) is 29.4. The van der Waals surface area contributed by atoms with Crippen LogP contribution in [0.4, 0.5) is 5.69 Å². The van der Waals surface area contributed by atoms with Gasteiger partial charge in [0, 0.05) is 17.8 Å². The van der Waals surface area contributed by atoms with E-state index >= 15 is 0 Å². The molecular formula is C15H20N2O. The summed E-state index contributed by atoms with van der Waals surface area (Å²) in [5.41, 5.74) is 6.87. The summed E-state index contributed by atoms with van der Waals surface area (Å²) in [6.07, 6.45) is 5.73. The van der Waals surface area contributed by atoms with Crippen LogP contribution in [0, 0.1) is 17.8 Å². The predicted molar refractivity (Wildman–Crippen MR) is 72.4 cm³/mol. The fourth-order valence-corrected chi connectivity index (χ4v) is 3.63. The van der Waals surface area contributed by atoms with Crippen LogP contribution in [-0.2, 0) is 0 Å². The predicted octanol–water partition coefficient (Wildman–Crippen LogP) is 2.63. The molecule has 96 valence electrons. The summed E-state index contributed by atoms with van der Waals surface area (Å²) in [5.74, 6) is 2.43. The number of amides is 1. The molecule has 2 saturated carbocycles. The molecule has 2 bridgehead atoms. The van der Waals surface area contributed by atoms with E-state index in [-0.39, 0.29) is 5.91 Å². The van der Waals surface area contributed by atoms with Gasteiger partial charge in [-0.1, -0.05) is 6.42 Å². The third-order valence-electron chi connectivity index (χ3n) is 4.62. The van der Waals surface area contributed by atoms with Crippen molar-refractivity contribution in [1.29, 1.82) is 0 Å². The average Bonchev–Trinajstić information content (AvgIpc) is 2.99. The van der Waals surface area contributed by atoms with Crippen molar-refractivity contribution >= 4 is 11.6 Å². The molecule has 3 atom stereocenters. The Hall–Kier alpha value is -1.51. The summed E-state index contributed by atoms with van der Waals surface area (Å²) >= 11 is 0. The van der Waals surface area contributed by atoms with Gasteiger partial charge in [0.05, 0.1) is 0 Å². The van der Waals surface area contributed by atoms with Crippen LogP contribution in [0.2, 0.25) is 0 Å². The first-order chi connectivity index (χ1) is 8.72. The van der Waals surface area contributed by atoms with Gasteiger partial charge >= 0.3 is 0 Å². The number of fused-ring (bicyclic) bond motifs is 2. The lowest BCUT2D eigenvalue weighted by atomic mass is 9.89. The first-order valence-corrected chi connectivity index (χ1v) is 6.86. The Morgan fingerprint density at radius 1 is 1.22 bits per heavy atom. The van der Waals surface area contributed by atoms with Gasteiger partial charge < -0.3 is 11.1 Å². The molecule has 2 aliphatic carbocycles. The Bertz CT molecular complexity index is 440. The van der Waals surface area contributed by atoms with Crippen LogP contribution in [-0.4, -0.2) is 12.5 Å². The first kappa shape index (κ1) is 11.6. The number of hydrogen-bond donors (Lipinski definition) is 2. The van der Waals surface area contributed by atoms with Crippen LogP contribution in [0.1, 0.15) is 36.0 Å². The molecule has 3 heteroatoms. The number of primary amides is 1. The molecule has 0 radical (unpaired) electrons. The van der Waals surface area contributed by atoms with Crippen molar-refractivity contribution in [2.24, 2.45) is 23.5 Å². The lowest BCUT2D eigenvalue weighted by molar-refractivity contribution is 0.100. The quantitative estimate of drug-likeness (QED) is 0.855. The molecule has 2 fully saturated rings. The smallest absolute Gasteiger partial charge is 0.248 e. The van der Waals surface area contributed by atoms with Crippen molar-refractivity contribution in [2.45, 2.75) is 25.7 Å². The molecule has 18 heavy (non-hydrogen) atoms. The van der Waals surface area contributed by atoms with Crippen molar-refractivity contribution in [1.82, 2.24) is 0 Å². The number of nitrogens with one attached hydrogen (secondary N) is 1. The highest BCUT2D eigenvalue weighted by Gasteiger charge is 2.38. The van der Waals surface area contributed by atoms with Crippen LogP contribution < -0.4 is 11.1 Å². The molecule has 0 aromatic heterocycles. The molecule has 3 unspecified atom stereocenters. The van der Waals surface area contributed by atoms with E-state index in [4.69, 9.17) is 5.73 Å². The highest BCUT2D eigenvalue weighted by atomic mass is 16.1. The van der Waals surface area contributed by atoms with E-state index in [1.54, 1.807) is 12.1 Å². The topological polar surface area (TPSA) is 55.1 Å². The lowest BCUT2D eigenvalue weighted by Gasteiger charge is -2.22. The van der Waals surface area contributed by atoms with Crippen LogP contribution >= 0.6 is 0 Å². The molecule has 0 saturated heterocycles. The highest BCUT2D eigenvalue weighted by molar-refractivity contribution is 5.93. The van der Waals surface area contributed by atoms with Gasteiger partial charge in [0.1, 0.15) is 0 Å². The van der Waals surface area contributed by atoms with E-state index in [0.717, 1.165) is 30.0 Å². The molecule has 0 spiro atoms. The molecule has 1 aromatic rings. The fraction of sp³-hybridized carbons (Fsp3) is 0.533. The molecule has 2 aliphatic rings. The molecule has 0 aliphatic heterocycles. The summed E-state index contributed by atoms with van der Waals surface area (Å²) in [6, 6.07) is 7.44. The zero-order valence-corrected chi connectivity index (χ0v) is 10.6. The van der Waals surface area contributed by atoms with Gasteiger partial charge in [0.15, 0.2) is 0 Å². The minimum Gasteiger partial charge on any atom is -0.385 e. The van der Waals surface area contributed by atoms with Gasteiger partial charge in [-0.25, -0.2) is 0 Å².